The van der Waals surface area contributed by atoms with Gasteiger partial charge in [-0.15, -0.1) is 0 Å². The van der Waals surface area contributed by atoms with Crippen molar-refractivity contribution in [2.24, 2.45) is 0 Å². The number of amides is 2. The molecule has 1 aromatic heterocycles. The maximum absolute atomic E-state index is 13.7. The van der Waals surface area contributed by atoms with Crippen LogP contribution in [0.25, 0.3) is 0 Å². The number of nitrogens with zero attached hydrogens (tertiary/aromatic N) is 2. The second-order valence-electron chi connectivity index (χ2n) is 8.69. The Bertz CT molecular complexity index is 906. The van der Waals surface area contributed by atoms with Crippen LogP contribution in [-0.4, -0.2) is 33.3 Å². The molecule has 1 N–H and O–H groups in total. The molecule has 1 aliphatic heterocycles. The summed E-state index contributed by atoms with van der Waals surface area (Å²) in [7, 11) is 0. The molecule has 2 unspecified atom stereocenters. The van der Waals surface area contributed by atoms with E-state index in [-0.39, 0.29) is 23.8 Å². The molecule has 5 nitrogen and oxygen atoms in total. The van der Waals surface area contributed by atoms with Gasteiger partial charge in [-0.25, -0.2) is 0 Å². The quantitative estimate of drug-likeness (QED) is 0.800. The van der Waals surface area contributed by atoms with Gasteiger partial charge in [-0.05, 0) is 55.5 Å². The zero-order chi connectivity index (χ0) is 21.1. The molecular formula is C25H31N3O2. The fourth-order valence-corrected chi connectivity index (χ4v) is 5.40. The Labute approximate surface area is 178 Å². The molecule has 2 atom stereocenters. The molecule has 1 saturated carbocycles. The Kier molecular flexibility index (Phi) is 5.89. The lowest BCUT2D eigenvalue weighted by molar-refractivity contribution is -0.128. The molecule has 2 aliphatic rings. The fraction of sp³-hybridized carbons (Fsp3) is 0.480. The standard InChI is InChI=1S/C25H31N3O2/c1-3-18(2)28-24(30)21-10-6-5-9-20(21)22(25(28)13-7-4-8-14-25)23(29)27-17-19-11-15-26-16-12-19/h5-6,9-12,15-16,18,22H,3-4,7-8,13-14,17H2,1-2H3,(H,27,29). The monoisotopic (exact) mass is 405 g/mol. The summed E-state index contributed by atoms with van der Waals surface area (Å²) >= 11 is 0. The molecule has 0 bridgehead atoms. The minimum absolute atomic E-state index is 0.0157. The highest BCUT2D eigenvalue weighted by molar-refractivity contribution is 6.02. The first kappa shape index (κ1) is 20.6. The molecule has 2 heterocycles. The Balaban J connectivity index is 1.76. The minimum Gasteiger partial charge on any atom is -0.351 e. The third-order valence-electron chi connectivity index (χ3n) is 6.97. The van der Waals surface area contributed by atoms with E-state index >= 15 is 0 Å². The van der Waals surface area contributed by atoms with Crippen molar-refractivity contribution in [3.05, 3.63) is 65.5 Å². The summed E-state index contributed by atoms with van der Waals surface area (Å²) in [4.78, 5) is 33.5. The number of pyridine rings is 1. The van der Waals surface area contributed by atoms with E-state index in [0.29, 0.717) is 12.1 Å². The lowest BCUT2D eigenvalue weighted by Gasteiger charge is -2.55. The topological polar surface area (TPSA) is 62.3 Å². The number of aromatic nitrogens is 1. The van der Waals surface area contributed by atoms with Crippen LogP contribution in [0.15, 0.2) is 48.8 Å². The highest BCUT2D eigenvalue weighted by atomic mass is 16.2. The summed E-state index contributed by atoms with van der Waals surface area (Å²) in [5.74, 6) is -0.246. The van der Waals surface area contributed by atoms with Gasteiger partial charge < -0.3 is 10.2 Å². The van der Waals surface area contributed by atoms with Gasteiger partial charge in [0.25, 0.3) is 5.91 Å². The summed E-state index contributed by atoms with van der Waals surface area (Å²) in [6.45, 7) is 4.70. The Morgan fingerprint density at radius 3 is 2.57 bits per heavy atom. The van der Waals surface area contributed by atoms with Crippen molar-refractivity contribution in [2.75, 3.05) is 0 Å². The molecular weight excluding hydrogens is 374 g/mol. The maximum Gasteiger partial charge on any atom is 0.254 e. The highest BCUT2D eigenvalue weighted by Crippen LogP contribution is 2.50. The largest absolute Gasteiger partial charge is 0.351 e. The third-order valence-corrected chi connectivity index (χ3v) is 6.97. The summed E-state index contributed by atoms with van der Waals surface area (Å²) in [6, 6.07) is 11.6. The molecule has 1 spiro atoms. The van der Waals surface area contributed by atoms with E-state index in [4.69, 9.17) is 0 Å². The van der Waals surface area contributed by atoms with Crippen LogP contribution >= 0.6 is 0 Å². The van der Waals surface area contributed by atoms with Crippen LogP contribution in [0.1, 0.15) is 79.8 Å². The van der Waals surface area contributed by atoms with E-state index < -0.39 is 5.54 Å². The lowest BCUT2D eigenvalue weighted by atomic mass is 9.64. The third kappa shape index (κ3) is 3.51. The molecule has 2 amide bonds. The van der Waals surface area contributed by atoms with Crippen LogP contribution in [-0.2, 0) is 11.3 Å². The number of carbonyl (C=O) groups excluding carboxylic acids is 2. The number of rotatable bonds is 5. The first-order chi connectivity index (χ1) is 14.6. The van der Waals surface area contributed by atoms with Crippen LogP contribution in [0, 0.1) is 0 Å². The molecule has 1 fully saturated rings. The van der Waals surface area contributed by atoms with Crippen LogP contribution < -0.4 is 5.32 Å². The van der Waals surface area contributed by atoms with E-state index in [1.165, 1.54) is 0 Å². The molecule has 0 radical (unpaired) electrons. The predicted molar refractivity (Wildman–Crippen MR) is 117 cm³/mol. The average molecular weight is 406 g/mol. The number of fused-ring (bicyclic) bond motifs is 1. The smallest absolute Gasteiger partial charge is 0.254 e. The van der Waals surface area contributed by atoms with Gasteiger partial charge in [0.1, 0.15) is 0 Å². The second kappa shape index (κ2) is 8.58. The van der Waals surface area contributed by atoms with Gasteiger partial charge in [0.15, 0.2) is 0 Å². The van der Waals surface area contributed by atoms with Crippen molar-refractivity contribution in [1.29, 1.82) is 0 Å². The van der Waals surface area contributed by atoms with Crippen molar-refractivity contribution in [2.45, 2.75) is 76.4 Å². The van der Waals surface area contributed by atoms with Gasteiger partial charge in [0.05, 0.1) is 11.5 Å². The van der Waals surface area contributed by atoms with Crippen LogP contribution in [0.4, 0.5) is 0 Å². The molecule has 4 rings (SSSR count). The van der Waals surface area contributed by atoms with Gasteiger partial charge in [0.2, 0.25) is 5.91 Å². The predicted octanol–water partition coefficient (Wildman–Crippen LogP) is 4.44. The second-order valence-corrected chi connectivity index (χ2v) is 8.69. The molecule has 1 aliphatic carbocycles. The van der Waals surface area contributed by atoms with E-state index in [2.05, 4.69) is 29.0 Å². The van der Waals surface area contributed by atoms with E-state index in [1.807, 2.05) is 36.4 Å². The molecule has 2 aromatic rings. The molecule has 5 heteroatoms. The first-order valence-electron chi connectivity index (χ1n) is 11.2. The van der Waals surface area contributed by atoms with Crippen LogP contribution in [0.3, 0.4) is 0 Å². The molecule has 158 valence electrons. The van der Waals surface area contributed by atoms with E-state index in [0.717, 1.165) is 49.7 Å². The summed E-state index contributed by atoms with van der Waals surface area (Å²) in [5.41, 5.74) is 2.14. The zero-order valence-electron chi connectivity index (χ0n) is 17.9. The normalized spacial score (nSPS) is 21.2. The average Bonchev–Trinajstić information content (AvgIpc) is 2.79. The molecule has 30 heavy (non-hydrogen) atoms. The Morgan fingerprint density at radius 1 is 1.17 bits per heavy atom. The summed E-state index contributed by atoms with van der Waals surface area (Å²) < 4.78 is 0. The molecule has 0 saturated heterocycles. The van der Waals surface area contributed by atoms with Gasteiger partial charge >= 0.3 is 0 Å². The van der Waals surface area contributed by atoms with Gasteiger partial charge in [0, 0.05) is 30.5 Å². The summed E-state index contributed by atoms with van der Waals surface area (Å²) in [6.07, 6.45) is 9.38. The lowest BCUT2D eigenvalue weighted by Crippen LogP contribution is -2.64. The van der Waals surface area contributed by atoms with Crippen molar-refractivity contribution in [3.8, 4) is 0 Å². The molecule has 1 aromatic carbocycles. The number of hydrogen-bond donors (Lipinski definition) is 1. The van der Waals surface area contributed by atoms with Gasteiger partial charge in [-0.3, -0.25) is 14.6 Å². The first-order valence-corrected chi connectivity index (χ1v) is 11.2. The van der Waals surface area contributed by atoms with Crippen LogP contribution in [0.5, 0.6) is 0 Å². The number of benzene rings is 1. The zero-order valence-corrected chi connectivity index (χ0v) is 17.9. The highest BCUT2D eigenvalue weighted by Gasteiger charge is 2.55. The van der Waals surface area contributed by atoms with Crippen molar-refractivity contribution >= 4 is 11.8 Å². The van der Waals surface area contributed by atoms with Crippen molar-refractivity contribution in [3.63, 3.8) is 0 Å². The summed E-state index contributed by atoms with van der Waals surface area (Å²) in [5, 5.41) is 3.17. The van der Waals surface area contributed by atoms with Crippen molar-refractivity contribution < 1.29 is 9.59 Å². The van der Waals surface area contributed by atoms with Crippen molar-refractivity contribution in [1.82, 2.24) is 15.2 Å². The maximum atomic E-state index is 13.7. The Morgan fingerprint density at radius 2 is 1.87 bits per heavy atom. The number of hydrogen-bond acceptors (Lipinski definition) is 3. The minimum atomic E-state index is -0.443. The van der Waals surface area contributed by atoms with E-state index in [9.17, 15) is 9.59 Å². The number of nitrogens with one attached hydrogen (secondary N) is 1. The fourth-order valence-electron chi connectivity index (χ4n) is 5.40. The SMILES string of the molecule is CCC(C)N1C(=O)c2ccccc2C(C(=O)NCc2ccncc2)C12CCCCC2. The van der Waals surface area contributed by atoms with E-state index in [1.54, 1.807) is 12.4 Å². The Hall–Kier alpha value is -2.69. The van der Waals surface area contributed by atoms with Gasteiger partial charge in [-0.2, -0.15) is 0 Å². The van der Waals surface area contributed by atoms with Gasteiger partial charge in [-0.1, -0.05) is 44.4 Å². The number of carbonyl (C=O) groups is 2. The van der Waals surface area contributed by atoms with Crippen LogP contribution in [0.2, 0.25) is 0 Å².